The fraction of sp³-hybridized carbons (Fsp3) is 0.250. The van der Waals surface area contributed by atoms with Crippen molar-refractivity contribution >= 4 is 32.9 Å². The van der Waals surface area contributed by atoms with Crippen LogP contribution in [0.5, 0.6) is 5.75 Å². The van der Waals surface area contributed by atoms with Gasteiger partial charge in [0.1, 0.15) is 22.2 Å². The number of aromatic nitrogens is 2. The number of ether oxygens (including phenoxy) is 1. The number of aryl methyl sites for hydroxylation is 1. The number of imidazole rings is 1. The molecule has 0 saturated carbocycles. The normalized spacial score (nSPS) is 15.0. The first-order valence-corrected chi connectivity index (χ1v) is 13.2. The van der Waals surface area contributed by atoms with E-state index >= 15 is 0 Å². The van der Waals surface area contributed by atoms with Crippen molar-refractivity contribution in [3.63, 3.8) is 0 Å². The first kappa shape index (κ1) is 22.6. The maximum absolute atomic E-state index is 13.1. The molecular weight excluding hydrogens is 472 g/mol. The second-order valence-corrected chi connectivity index (χ2v) is 11.5. The van der Waals surface area contributed by atoms with Crippen LogP contribution in [0.25, 0.3) is 5.65 Å². The van der Waals surface area contributed by atoms with Crippen LogP contribution in [0.3, 0.4) is 0 Å². The minimum absolute atomic E-state index is 0.137. The van der Waals surface area contributed by atoms with Gasteiger partial charge in [0.25, 0.3) is 15.9 Å². The molecule has 1 fully saturated rings. The largest absolute Gasteiger partial charge is 0.487 e. The van der Waals surface area contributed by atoms with Crippen molar-refractivity contribution in [1.82, 2.24) is 18.6 Å². The Balaban J connectivity index is 1.21. The second kappa shape index (κ2) is 9.21. The van der Waals surface area contributed by atoms with E-state index in [4.69, 9.17) is 4.74 Å². The Morgan fingerprint density at radius 3 is 2.62 bits per heavy atom. The van der Waals surface area contributed by atoms with Crippen molar-refractivity contribution in [3.05, 3.63) is 83.1 Å². The quantitative estimate of drug-likeness (QED) is 0.408. The van der Waals surface area contributed by atoms with E-state index in [1.165, 1.54) is 15.6 Å². The molecule has 10 heteroatoms. The molecule has 34 heavy (non-hydrogen) atoms. The highest BCUT2D eigenvalue weighted by atomic mass is 32.2. The summed E-state index contributed by atoms with van der Waals surface area (Å²) in [6.07, 6.45) is 3.84. The number of benzene rings is 1. The molecule has 4 heterocycles. The molecule has 1 saturated heterocycles. The van der Waals surface area contributed by atoms with Crippen LogP contribution in [0.1, 0.15) is 20.9 Å². The third-order valence-corrected chi connectivity index (χ3v) is 9.08. The lowest BCUT2D eigenvalue weighted by Crippen LogP contribution is -2.50. The predicted octanol–water partition coefficient (Wildman–Crippen LogP) is 3.43. The van der Waals surface area contributed by atoms with Crippen LogP contribution in [0.2, 0.25) is 0 Å². The number of pyridine rings is 1. The lowest BCUT2D eigenvalue weighted by Gasteiger charge is -2.33. The van der Waals surface area contributed by atoms with Crippen LogP contribution < -0.4 is 4.74 Å². The van der Waals surface area contributed by atoms with Gasteiger partial charge >= 0.3 is 0 Å². The molecule has 0 radical (unpaired) electrons. The first-order chi connectivity index (χ1) is 16.4. The Kier molecular flexibility index (Phi) is 6.11. The second-order valence-electron chi connectivity index (χ2n) is 8.08. The molecule has 4 aromatic rings. The number of carbonyl (C=O) groups excluding carboxylic acids is 1. The van der Waals surface area contributed by atoms with Crippen LogP contribution >= 0.6 is 11.3 Å². The van der Waals surface area contributed by atoms with Crippen LogP contribution in [-0.4, -0.2) is 59.1 Å². The SMILES string of the molecule is Cc1ccc(S(=O)(=O)N2CCN(C(=O)c3cccc(OCc4cn5ccccc5n4)c3)CC2)s1. The van der Waals surface area contributed by atoms with E-state index in [1.54, 1.807) is 41.3 Å². The molecule has 0 aliphatic carbocycles. The third kappa shape index (κ3) is 4.56. The minimum Gasteiger partial charge on any atom is -0.487 e. The number of rotatable bonds is 6. The van der Waals surface area contributed by atoms with Crippen molar-refractivity contribution in [2.24, 2.45) is 0 Å². The number of amides is 1. The van der Waals surface area contributed by atoms with Crippen molar-refractivity contribution in [2.75, 3.05) is 26.2 Å². The Morgan fingerprint density at radius 2 is 1.88 bits per heavy atom. The molecule has 3 aromatic heterocycles. The fourth-order valence-electron chi connectivity index (χ4n) is 3.93. The molecule has 0 bridgehead atoms. The van der Waals surface area contributed by atoms with Gasteiger partial charge in [0, 0.05) is 49.0 Å². The Hall–Kier alpha value is -3.21. The summed E-state index contributed by atoms with van der Waals surface area (Å²) in [4.78, 5) is 20.2. The standard InChI is InChI=1S/C24H24N4O4S2/c1-18-8-9-23(33-18)34(30,31)28-13-11-26(12-14-28)24(29)19-5-4-6-21(15-19)32-17-20-16-27-10-3-2-7-22(27)25-20/h2-10,15-16H,11-14,17H2,1H3. The summed E-state index contributed by atoms with van der Waals surface area (Å²) in [5, 5.41) is 0. The van der Waals surface area contributed by atoms with E-state index in [-0.39, 0.29) is 25.6 Å². The monoisotopic (exact) mass is 496 g/mol. The van der Waals surface area contributed by atoms with Crippen molar-refractivity contribution in [2.45, 2.75) is 17.7 Å². The van der Waals surface area contributed by atoms with Gasteiger partial charge in [0.05, 0.1) is 5.69 Å². The summed E-state index contributed by atoms with van der Waals surface area (Å²) >= 11 is 1.27. The number of hydrogen-bond acceptors (Lipinski definition) is 6. The van der Waals surface area contributed by atoms with Gasteiger partial charge in [0.2, 0.25) is 0 Å². The number of hydrogen-bond donors (Lipinski definition) is 0. The van der Waals surface area contributed by atoms with Gasteiger partial charge < -0.3 is 14.0 Å². The van der Waals surface area contributed by atoms with Gasteiger partial charge in [-0.3, -0.25) is 4.79 Å². The highest BCUT2D eigenvalue weighted by Crippen LogP contribution is 2.25. The molecule has 0 atom stereocenters. The van der Waals surface area contributed by atoms with Crippen molar-refractivity contribution in [1.29, 1.82) is 0 Å². The summed E-state index contributed by atoms with van der Waals surface area (Å²) in [5.74, 6) is 0.444. The number of carbonyl (C=O) groups is 1. The van der Waals surface area contributed by atoms with Crippen molar-refractivity contribution in [3.8, 4) is 5.75 Å². The van der Waals surface area contributed by atoms with Gasteiger partial charge in [-0.1, -0.05) is 12.1 Å². The van der Waals surface area contributed by atoms with E-state index in [0.29, 0.717) is 28.6 Å². The zero-order chi connectivity index (χ0) is 23.7. The summed E-state index contributed by atoms with van der Waals surface area (Å²) in [6, 6.07) is 16.3. The number of thiophene rings is 1. The Bertz CT molecular complexity index is 1400. The molecular formula is C24H24N4O4S2. The van der Waals surface area contributed by atoms with E-state index in [0.717, 1.165) is 16.2 Å². The van der Waals surface area contributed by atoms with Gasteiger partial charge in [0.15, 0.2) is 0 Å². The lowest BCUT2D eigenvalue weighted by atomic mass is 10.1. The smallest absolute Gasteiger partial charge is 0.254 e. The molecule has 1 aliphatic heterocycles. The third-order valence-electron chi connectivity index (χ3n) is 5.72. The molecule has 0 N–H and O–H groups in total. The van der Waals surface area contributed by atoms with E-state index in [2.05, 4.69) is 4.98 Å². The Morgan fingerprint density at radius 1 is 1.06 bits per heavy atom. The number of piperazine rings is 1. The molecule has 0 unspecified atom stereocenters. The summed E-state index contributed by atoms with van der Waals surface area (Å²) in [7, 11) is -3.52. The number of nitrogens with zero attached hydrogens (tertiary/aromatic N) is 4. The van der Waals surface area contributed by atoms with Gasteiger partial charge in [-0.15, -0.1) is 11.3 Å². The molecule has 5 rings (SSSR count). The van der Waals surface area contributed by atoms with Crippen LogP contribution in [0.4, 0.5) is 0 Å². The van der Waals surface area contributed by atoms with Gasteiger partial charge in [-0.2, -0.15) is 4.31 Å². The van der Waals surface area contributed by atoms with E-state index in [1.807, 2.05) is 41.9 Å². The fourth-order valence-corrected chi connectivity index (χ4v) is 6.78. The molecule has 1 amide bonds. The maximum Gasteiger partial charge on any atom is 0.254 e. The van der Waals surface area contributed by atoms with Crippen molar-refractivity contribution < 1.29 is 17.9 Å². The van der Waals surface area contributed by atoms with Gasteiger partial charge in [-0.25, -0.2) is 13.4 Å². The van der Waals surface area contributed by atoms with Crippen LogP contribution in [-0.2, 0) is 16.6 Å². The first-order valence-electron chi connectivity index (χ1n) is 10.9. The average Bonchev–Trinajstić information content (AvgIpc) is 3.49. The average molecular weight is 497 g/mol. The minimum atomic E-state index is -3.52. The van der Waals surface area contributed by atoms with Crippen LogP contribution in [0.15, 0.2) is 71.2 Å². The molecule has 8 nitrogen and oxygen atoms in total. The highest BCUT2D eigenvalue weighted by Gasteiger charge is 2.31. The zero-order valence-electron chi connectivity index (χ0n) is 18.6. The topological polar surface area (TPSA) is 84.2 Å². The summed E-state index contributed by atoms with van der Waals surface area (Å²) in [5.41, 5.74) is 2.15. The molecule has 176 valence electrons. The lowest BCUT2D eigenvalue weighted by molar-refractivity contribution is 0.0697. The molecule has 0 spiro atoms. The predicted molar refractivity (Wildman–Crippen MR) is 130 cm³/mol. The highest BCUT2D eigenvalue weighted by molar-refractivity contribution is 7.91. The zero-order valence-corrected chi connectivity index (χ0v) is 20.3. The van der Waals surface area contributed by atoms with Gasteiger partial charge in [-0.05, 0) is 49.4 Å². The number of fused-ring (bicyclic) bond motifs is 1. The number of sulfonamides is 1. The summed E-state index contributed by atoms with van der Waals surface area (Å²) in [6.45, 7) is 3.40. The summed E-state index contributed by atoms with van der Waals surface area (Å²) < 4.78 is 35.3. The maximum atomic E-state index is 13.1. The Labute approximate surface area is 202 Å². The van der Waals surface area contributed by atoms with E-state index in [9.17, 15) is 13.2 Å². The van der Waals surface area contributed by atoms with Crippen LogP contribution in [0, 0.1) is 6.92 Å². The molecule has 1 aromatic carbocycles. The van der Waals surface area contributed by atoms with E-state index < -0.39 is 10.0 Å². The molecule has 1 aliphatic rings.